The molecule has 3 heteroatoms. The Labute approximate surface area is 41.8 Å². The van der Waals surface area contributed by atoms with Gasteiger partial charge in [0.15, 0.2) is 6.33 Å². The summed E-state index contributed by atoms with van der Waals surface area (Å²) in [6.07, 6.45) is 4.28. The highest BCUT2D eigenvalue weighted by atomic mass is 15.0. The van der Waals surface area contributed by atoms with Crippen molar-refractivity contribution >= 4 is 5.82 Å². The van der Waals surface area contributed by atoms with Crippen LogP contribution in [-0.2, 0) is 0 Å². The number of aromatic amines is 1. The highest BCUT2D eigenvalue weighted by Gasteiger charge is 1.82. The van der Waals surface area contributed by atoms with Crippen molar-refractivity contribution in [3.63, 3.8) is 0 Å². The Morgan fingerprint density at radius 2 is 2.86 bits per heavy atom. The second-order valence-electron chi connectivity index (χ2n) is 1.15. The van der Waals surface area contributed by atoms with E-state index in [2.05, 4.69) is 21.6 Å². The molecule has 0 atom stereocenters. The average molecular weight is 96.1 g/mol. The lowest BCUT2D eigenvalue weighted by atomic mass is 10.8. The van der Waals surface area contributed by atoms with Crippen molar-refractivity contribution in [2.75, 3.05) is 12.4 Å². The van der Waals surface area contributed by atoms with Crippen molar-refractivity contribution in [1.82, 2.24) is 9.97 Å². The second kappa shape index (κ2) is 1.64. The van der Waals surface area contributed by atoms with Gasteiger partial charge in [-0.15, -0.1) is 0 Å². The molecule has 2 N–H and O–H groups in total. The maximum atomic E-state index is 3.74. The zero-order chi connectivity index (χ0) is 5.11. The summed E-state index contributed by atoms with van der Waals surface area (Å²) in [6.45, 7) is 0. The standard InChI is InChI=1S/C4H6N3/c1-5-4-2-6-3-7-4/h2,5H,1H3,(H,6,7). The topological polar surface area (TPSA) is 40.7 Å². The molecule has 0 spiro atoms. The molecule has 1 radical (unpaired) electrons. The van der Waals surface area contributed by atoms with Crippen molar-refractivity contribution in [3.8, 4) is 0 Å². The third-order valence-electron chi connectivity index (χ3n) is 0.706. The number of rotatable bonds is 1. The van der Waals surface area contributed by atoms with E-state index in [4.69, 9.17) is 0 Å². The zero-order valence-electron chi connectivity index (χ0n) is 4.02. The maximum absolute atomic E-state index is 3.74. The largest absolute Gasteiger partial charge is 0.372 e. The lowest BCUT2D eigenvalue weighted by Crippen LogP contribution is -1.84. The molecule has 0 fully saturated rings. The Bertz CT molecular complexity index is 121. The van der Waals surface area contributed by atoms with E-state index in [0.717, 1.165) is 5.82 Å². The van der Waals surface area contributed by atoms with E-state index in [1.165, 1.54) is 0 Å². The van der Waals surface area contributed by atoms with Crippen molar-refractivity contribution in [2.24, 2.45) is 0 Å². The first-order valence-electron chi connectivity index (χ1n) is 2.02. The summed E-state index contributed by atoms with van der Waals surface area (Å²) in [5.74, 6) is 0.819. The van der Waals surface area contributed by atoms with E-state index in [0.29, 0.717) is 0 Å². The quantitative estimate of drug-likeness (QED) is 0.526. The van der Waals surface area contributed by atoms with Crippen LogP contribution in [-0.4, -0.2) is 17.0 Å². The van der Waals surface area contributed by atoms with E-state index >= 15 is 0 Å². The number of aromatic nitrogens is 2. The Kier molecular flexibility index (Phi) is 0.978. The van der Waals surface area contributed by atoms with E-state index < -0.39 is 0 Å². The lowest BCUT2D eigenvalue weighted by Gasteiger charge is -1.84. The van der Waals surface area contributed by atoms with Crippen molar-refractivity contribution in [3.05, 3.63) is 12.5 Å². The molecule has 1 aromatic heterocycles. The molecule has 0 amide bonds. The molecule has 0 aliphatic carbocycles. The van der Waals surface area contributed by atoms with Crippen LogP contribution >= 0.6 is 0 Å². The predicted octanol–water partition coefficient (Wildman–Crippen LogP) is 0.252. The van der Waals surface area contributed by atoms with Crippen molar-refractivity contribution in [2.45, 2.75) is 0 Å². The van der Waals surface area contributed by atoms with Gasteiger partial charge in [0.2, 0.25) is 0 Å². The van der Waals surface area contributed by atoms with Crippen LogP contribution in [0.15, 0.2) is 6.20 Å². The minimum atomic E-state index is 0.819. The first kappa shape index (κ1) is 4.18. The van der Waals surface area contributed by atoms with Crippen LogP contribution in [0.3, 0.4) is 0 Å². The fourth-order valence-corrected chi connectivity index (χ4v) is 0.353. The molecule has 3 nitrogen and oxygen atoms in total. The monoisotopic (exact) mass is 96.1 g/mol. The summed E-state index contributed by atoms with van der Waals surface area (Å²) in [7, 11) is 1.81. The molecule has 1 aromatic rings. The van der Waals surface area contributed by atoms with Gasteiger partial charge >= 0.3 is 0 Å². The van der Waals surface area contributed by atoms with E-state index in [9.17, 15) is 0 Å². The Morgan fingerprint density at radius 1 is 2.00 bits per heavy atom. The SMILES string of the molecule is CNc1c[nH][c]n1. The predicted molar refractivity (Wildman–Crippen MR) is 27.0 cm³/mol. The maximum Gasteiger partial charge on any atom is 0.175 e. The van der Waals surface area contributed by atoms with E-state index in [1.807, 2.05) is 7.05 Å². The molecule has 1 heterocycles. The molecule has 0 aromatic carbocycles. The Hall–Kier alpha value is -0.990. The van der Waals surface area contributed by atoms with Crippen molar-refractivity contribution in [1.29, 1.82) is 0 Å². The summed E-state index contributed by atoms with van der Waals surface area (Å²) >= 11 is 0. The molecular formula is C4H6N3. The number of nitrogens with zero attached hydrogens (tertiary/aromatic N) is 1. The van der Waals surface area contributed by atoms with Gasteiger partial charge in [-0.3, -0.25) is 0 Å². The Balaban J connectivity index is 2.76. The number of anilines is 1. The highest BCUT2D eigenvalue weighted by Crippen LogP contribution is 1.92. The van der Waals surface area contributed by atoms with Gasteiger partial charge in [-0.1, -0.05) is 0 Å². The first-order valence-corrected chi connectivity index (χ1v) is 2.02. The van der Waals surface area contributed by atoms with Gasteiger partial charge in [0.25, 0.3) is 0 Å². The van der Waals surface area contributed by atoms with Gasteiger partial charge in [0, 0.05) is 13.2 Å². The third-order valence-corrected chi connectivity index (χ3v) is 0.706. The van der Waals surface area contributed by atoms with E-state index in [-0.39, 0.29) is 0 Å². The smallest absolute Gasteiger partial charge is 0.175 e. The normalized spacial score (nSPS) is 8.71. The van der Waals surface area contributed by atoms with Gasteiger partial charge < -0.3 is 10.3 Å². The average Bonchev–Trinajstić information content (AvgIpc) is 2.14. The molecule has 0 unspecified atom stereocenters. The molecule has 1 rings (SSSR count). The molecule has 0 saturated carbocycles. The molecular weight excluding hydrogens is 90.1 g/mol. The fraction of sp³-hybridized carbons (Fsp3) is 0.250. The number of H-pyrrole nitrogens is 1. The van der Waals surface area contributed by atoms with Gasteiger partial charge in [0.05, 0.1) is 0 Å². The van der Waals surface area contributed by atoms with Crippen LogP contribution in [0.1, 0.15) is 0 Å². The highest BCUT2D eigenvalue weighted by molar-refractivity contribution is 5.28. The van der Waals surface area contributed by atoms with Crippen molar-refractivity contribution < 1.29 is 0 Å². The molecule has 37 valence electrons. The third kappa shape index (κ3) is 0.707. The zero-order valence-corrected chi connectivity index (χ0v) is 4.02. The second-order valence-corrected chi connectivity index (χ2v) is 1.15. The lowest BCUT2D eigenvalue weighted by molar-refractivity contribution is 1.28. The van der Waals surface area contributed by atoms with Gasteiger partial charge in [-0.2, -0.15) is 0 Å². The van der Waals surface area contributed by atoms with Crippen LogP contribution in [0.4, 0.5) is 5.82 Å². The minimum Gasteiger partial charge on any atom is -0.372 e. The Morgan fingerprint density at radius 3 is 3.14 bits per heavy atom. The van der Waals surface area contributed by atoms with Crippen LogP contribution in [0.5, 0.6) is 0 Å². The molecule has 0 aliphatic rings. The summed E-state index contributed by atoms with van der Waals surface area (Å²) in [6, 6.07) is 0. The molecule has 0 bridgehead atoms. The first-order chi connectivity index (χ1) is 3.43. The van der Waals surface area contributed by atoms with Gasteiger partial charge in [0.1, 0.15) is 5.82 Å². The van der Waals surface area contributed by atoms with Crippen LogP contribution in [0, 0.1) is 6.33 Å². The molecule has 7 heavy (non-hydrogen) atoms. The van der Waals surface area contributed by atoms with Crippen LogP contribution in [0.25, 0.3) is 0 Å². The number of imidazole rings is 1. The fourth-order valence-electron chi connectivity index (χ4n) is 0.353. The minimum absolute atomic E-state index is 0.819. The summed E-state index contributed by atoms with van der Waals surface area (Å²) in [5, 5.41) is 2.83. The van der Waals surface area contributed by atoms with Gasteiger partial charge in [-0.05, 0) is 0 Å². The van der Waals surface area contributed by atoms with E-state index in [1.54, 1.807) is 6.20 Å². The summed E-state index contributed by atoms with van der Waals surface area (Å²) < 4.78 is 0. The summed E-state index contributed by atoms with van der Waals surface area (Å²) in [4.78, 5) is 6.43. The molecule has 0 saturated heterocycles. The van der Waals surface area contributed by atoms with Crippen LogP contribution in [0.2, 0.25) is 0 Å². The van der Waals surface area contributed by atoms with Gasteiger partial charge in [-0.25, -0.2) is 4.98 Å². The number of nitrogens with one attached hydrogen (secondary N) is 2. The molecule has 0 aliphatic heterocycles. The number of hydrogen-bond acceptors (Lipinski definition) is 2. The summed E-state index contributed by atoms with van der Waals surface area (Å²) in [5.41, 5.74) is 0. The van der Waals surface area contributed by atoms with Crippen LogP contribution < -0.4 is 5.32 Å². The number of hydrogen-bond donors (Lipinski definition) is 2.